The van der Waals surface area contributed by atoms with Gasteiger partial charge in [0.15, 0.2) is 0 Å². The molecule has 0 atom stereocenters. The number of nitrogens with zero attached hydrogens (tertiary/aromatic N) is 1. The predicted octanol–water partition coefficient (Wildman–Crippen LogP) is 3.23. The van der Waals surface area contributed by atoms with Crippen LogP contribution in [0.15, 0.2) is 23.0 Å². The van der Waals surface area contributed by atoms with Gasteiger partial charge in [-0.3, -0.25) is 4.79 Å². The first-order valence-electron chi connectivity index (χ1n) is 6.36. The van der Waals surface area contributed by atoms with Crippen molar-refractivity contribution in [1.29, 1.82) is 0 Å². The Hall–Kier alpha value is -0.776. The van der Waals surface area contributed by atoms with E-state index in [4.69, 9.17) is 11.2 Å². The molecule has 1 aromatic carbocycles. The molecule has 0 bridgehead atoms. The molecule has 117 valence electrons. The minimum atomic E-state index is -0.842. The third-order valence-corrected chi connectivity index (χ3v) is 3.72. The second kappa shape index (κ2) is 8.90. The van der Waals surface area contributed by atoms with E-state index < -0.39 is 11.6 Å². The SMILES string of the molecule is C#CCOc1cc(F)c(-c2[c-]cc(I)c(=O)n2CC)c(F)c1.[Y]. The van der Waals surface area contributed by atoms with Gasteiger partial charge in [-0.15, -0.1) is 29.0 Å². The molecule has 7 heteroatoms. The molecule has 1 aromatic heterocycles. The van der Waals surface area contributed by atoms with Gasteiger partial charge in [0.05, 0.1) is 11.6 Å². The van der Waals surface area contributed by atoms with Crippen LogP contribution in [0.2, 0.25) is 0 Å². The summed E-state index contributed by atoms with van der Waals surface area (Å²) in [4.78, 5) is 12.1. The minimum Gasteiger partial charge on any atom is -0.481 e. The standard InChI is InChI=1S/C16H11F2INO2.Y/c1-3-7-22-10-8-11(17)15(12(18)9-10)14-6-5-13(19)16(21)20(14)4-2;/h1,5,8-9H,4,7H2,2H3;/q-1;. The van der Waals surface area contributed by atoms with E-state index in [1.807, 2.05) is 22.6 Å². The average Bonchev–Trinajstić information content (AvgIpc) is 2.48. The number of halogens is 3. The van der Waals surface area contributed by atoms with Crippen LogP contribution in [-0.4, -0.2) is 11.2 Å². The number of terminal acetylenes is 1. The zero-order chi connectivity index (χ0) is 16.3. The number of aromatic nitrogens is 1. The molecule has 0 unspecified atom stereocenters. The summed E-state index contributed by atoms with van der Waals surface area (Å²) >= 11 is 1.86. The van der Waals surface area contributed by atoms with Crippen LogP contribution in [0.5, 0.6) is 5.75 Å². The monoisotopic (exact) mass is 503 g/mol. The van der Waals surface area contributed by atoms with Crippen LogP contribution >= 0.6 is 22.6 Å². The molecular weight excluding hydrogens is 492 g/mol. The number of ether oxygens (including phenoxy) is 1. The maximum absolute atomic E-state index is 14.3. The third-order valence-electron chi connectivity index (χ3n) is 2.95. The zero-order valence-electron chi connectivity index (χ0n) is 12.2. The first kappa shape index (κ1) is 20.3. The summed E-state index contributed by atoms with van der Waals surface area (Å²) < 4.78 is 35.2. The Labute approximate surface area is 171 Å². The quantitative estimate of drug-likeness (QED) is 0.365. The van der Waals surface area contributed by atoms with Crippen molar-refractivity contribution < 1.29 is 46.2 Å². The summed E-state index contributed by atoms with van der Waals surface area (Å²) in [6, 6.07) is 6.24. The fraction of sp³-hybridized carbons (Fsp3) is 0.188. The molecule has 1 heterocycles. The van der Waals surface area contributed by atoms with Crippen LogP contribution in [0.1, 0.15) is 6.92 Å². The Bertz CT molecular complexity index is 792. The van der Waals surface area contributed by atoms with Gasteiger partial charge < -0.3 is 9.30 Å². The van der Waals surface area contributed by atoms with Crippen LogP contribution in [0.25, 0.3) is 11.3 Å². The molecule has 0 aliphatic carbocycles. The van der Waals surface area contributed by atoms with Crippen molar-refractivity contribution >= 4 is 22.6 Å². The van der Waals surface area contributed by atoms with Gasteiger partial charge >= 0.3 is 0 Å². The summed E-state index contributed by atoms with van der Waals surface area (Å²) in [7, 11) is 0. The van der Waals surface area contributed by atoms with E-state index in [-0.39, 0.29) is 68.4 Å². The van der Waals surface area contributed by atoms with E-state index in [2.05, 4.69) is 12.0 Å². The second-order valence-electron chi connectivity index (χ2n) is 4.29. The Morgan fingerprint density at radius 2 is 2.00 bits per heavy atom. The van der Waals surface area contributed by atoms with Crippen LogP contribution in [0, 0.1) is 33.6 Å². The summed E-state index contributed by atoms with van der Waals surface area (Å²) in [5.74, 6) is 0.524. The Morgan fingerprint density at radius 1 is 1.39 bits per heavy atom. The Morgan fingerprint density at radius 3 is 2.52 bits per heavy atom. The summed E-state index contributed by atoms with van der Waals surface area (Å²) in [6.45, 7) is 1.90. The van der Waals surface area contributed by atoms with Gasteiger partial charge in [-0.2, -0.15) is 12.1 Å². The van der Waals surface area contributed by atoms with Crippen molar-refractivity contribution in [3.63, 3.8) is 0 Å². The van der Waals surface area contributed by atoms with Crippen molar-refractivity contribution in [3.05, 3.63) is 49.8 Å². The van der Waals surface area contributed by atoms with E-state index in [1.54, 1.807) is 6.92 Å². The average molecular weight is 503 g/mol. The van der Waals surface area contributed by atoms with Crippen molar-refractivity contribution in [1.82, 2.24) is 4.57 Å². The summed E-state index contributed by atoms with van der Waals surface area (Å²) in [5, 5.41) is 0. The number of rotatable bonds is 4. The largest absolute Gasteiger partial charge is 0.481 e. The Balaban J connectivity index is 0.00000264. The number of hydrogen-bond acceptors (Lipinski definition) is 2. The molecule has 23 heavy (non-hydrogen) atoms. The van der Waals surface area contributed by atoms with Gasteiger partial charge in [-0.05, 0) is 16.1 Å². The van der Waals surface area contributed by atoms with Crippen molar-refractivity contribution in [2.75, 3.05) is 6.61 Å². The Kier molecular flexibility index (Phi) is 7.85. The van der Waals surface area contributed by atoms with Crippen LogP contribution in [0.3, 0.4) is 0 Å². The molecule has 0 fully saturated rings. The molecule has 2 rings (SSSR count). The second-order valence-corrected chi connectivity index (χ2v) is 5.45. The predicted molar refractivity (Wildman–Crippen MR) is 87.6 cm³/mol. The smallest absolute Gasteiger partial charge is 0.207 e. The van der Waals surface area contributed by atoms with E-state index in [0.717, 1.165) is 12.1 Å². The third kappa shape index (κ3) is 4.40. The van der Waals surface area contributed by atoms with E-state index >= 15 is 0 Å². The van der Waals surface area contributed by atoms with Gasteiger partial charge in [-0.25, -0.2) is 8.78 Å². The van der Waals surface area contributed by atoms with Crippen molar-refractivity contribution in [2.24, 2.45) is 0 Å². The van der Waals surface area contributed by atoms with Crippen LogP contribution in [0.4, 0.5) is 8.78 Å². The van der Waals surface area contributed by atoms with Crippen molar-refractivity contribution in [2.45, 2.75) is 13.5 Å². The summed E-state index contributed by atoms with van der Waals surface area (Å²) in [5.41, 5.74) is -0.571. The fourth-order valence-electron chi connectivity index (χ4n) is 2.00. The normalized spacial score (nSPS) is 9.87. The molecule has 0 aliphatic rings. The molecule has 0 saturated heterocycles. The number of pyridine rings is 1. The maximum atomic E-state index is 14.3. The molecule has 0 spiro atoms. The van der Waals surface area contributed by atoms with Gasteiger partial charge in [0, 0.05) is 51.4 Å². The van der Waals surface area contributed by atoms with Crippen LogP contribution in [-0.2, 0) is 39.3 Å². The topological polar surface area (TPSA) is 31.2 Å². The van der Waals surface area contributed by atoms with Gasteiger partial charge in [0.25, 0.3) is 0 Å². The molecule has 0 N–H and O–H groups in total. The molecule has 1 radical (unpaired) electrons. The minimum absolute atomic E-state index is 0. The van der Waals surface area contributed by atoms with E-state index in [1.165, 1.54) is 10.6 Å². The fourth-order valence-corrected chi connectivity index (χ4v) is 2.44. The maximum Gasteiger partial charge on any atom is 0.207 e. The molecule has 0 saturated carbocycles. The first-order chi connectivity index (χ1) is 10.5. The van der Waals surface area contributed by atoms with Gasteiger partial charge in [-0.1, -0.05) is 11.6 Å². The molecule has 0 amide bonds. The molecule has 3 nitrogen and oxygen atoms in total. The molecule has 2 aromatic rings. The van der Waals surface area contributed by atoms with Gasteiger partial charge in [0.2, 0.25) is 5.56 Å². The molecule has 0 aliphatic heterocycles. The summed E-state index contributed by atoms with van der Waals surface area (Å²) in [6.07, 6.45) is 5.04. The van der Waals surface area contributed by atoms with Crippen LogP contribution < -0.4 is 10.3 Å². The zero-order valence-corrected chi connectivity index (χ0v) is 17.2. The molecular formula is C16H11F2INO2Y-. The van der Waals surface area contributed by atoms with E-state index in [0.29, 0.717) is 3.57 Å². The number of hydrogen-bond donors (Lipinski definition) is 0. The van der Waals surface area contributed by atoms with Crippen molar-refractivity contribution in [3.8, 4) is 29.4 Å². The number of benzene rings is 1. The van der Waals surface area contributed by atoms with Gasteiger partial charge in [0.1, 0.15) is 12.4 Å². The van der Waals surface area contributed by atoms with E-state index in [9.17, 15) is 13.6 Å². The first-order valence-corrected chi connectivity index (χ1v) is 7.44.